The van der Waals surface area contributed by atoms with Gasteiger partial charge in [0.05, 0.1) is 5.25 Å². The maximum atomic E-state index is 12.2. The van der Waals surface area contributed by atoms with Gasteiger partial charge in [0.25, 0.3) is 0 Å². The molecule has 0 spiro atoms. The molecule has 5 nitrogen and oxygen atoms in total. The second-order valence-corrected chi connectivity index (χ2v) is 8.62. The van der Waals surface area contributed by atoms with Crippen molar-refractivity contribution in [3.63, 3.8) is 0 Å². The minimum atomic E-state index is -3.17. The first-order valence-electron chi connectivity index (χ1n) is 7.89. The fourth-order valence-corrected chi connectivity index (χ4v) is 3.22. The van der Waals surface area contributed by atoms with Gasteiger partial charge in [0.15, 0.2) is 9.84 Å². The van der Waals surface area contributed by atoms with E-state index in [0.29, 0.717) is 12.5 Å². The molecule has 0 aliphatic carbocycles. The van der Waals surface area contributed by atoms with Crippen LogP contribution in [0.3, 0.4) is 0 Å². The fourth-order valence-electron chi connectivity index (χ4n) is 2.33. The standard InChI is InChI=1S/C17H28N2O3S/c1-13(16-9-7-6-8-10-16)11-12-18-17(20)19(4)14(2)15(3)23(5,21)22/h6-10,13-15H,11-12H2,1-5H3,(H,18,20)/t13-,14-,15-/m1/s1. The van der Waals surface area contributed by atoms with Crippen LogP contribution >= 0.6 is 0 Å². The molecule has 1 aromatic rings. The molecule has 23 heavy (non-hydrogen) atoms. The summed E-state index contributed by atoms with van der Waals surface area (Å²) in [6.07, 6.45) is 2.03. The molecule has 0 bridgehead atoms. The van der Waals surface area contributed by atoms with E-state index in [4.69, 9.17) is 0 Å². The number of hydrogen-bond acceptors (Lipinski definition) is 3. The predicted molar refractivity (Wildman–Crippen MR) is 94.4 cm³/mol. The Bertz CT molecular complexity index is 602. The molecule has 0 radical (unpaired) electrons. The molecule has 0 aromatic heterocycles. The molecular formula is C17H28N2O3S. The van der Waals surface area contributed by atoms with Crippen molar-refractivity contribution in [3.05, 3.63) is 35.9 Å². The number of amides is 2. The van der Waals surface area contributed by atoms with Gasteiger partial charge in [0.2, 0.25) is 0 Å². The zero-order valence-corrected chi connectivity index (χ0v) is 15.4. The normalized spacial score (nSPS) is 15.5. The summed E-state index contributed by atoms with van der Waals surface area (Å²) in [5, 5.41) is 2.27. The SMILES string of the molecule is C[C@H](CCNC(=O)N(C)[C@H](C)[C@@H](C)S(C)(=O)=O)c1ccccc1. The monoisotopic (exact) mass is 340 g/mol. The Labute approximate surface area is 140 Å². The lowest BCUT2D eigenvalue weighted by Gasteiger charge is -2.29. The Morgan fingerprint density at radius 3 is 2.26 bits per heavy atom. The van der Waals surface area contributed by atoms with Crippen molar-refractivity contribution >= 4 is 15.9 Å². The number of carbonyl (C=O) groups excluding carboxylic acids is 1. The van der Waals surface area contributed by atoms with Crippen LogP contribution in [0.25, 0.3) is 0 Å². The first-order valence-corrected chi connectivity index (χ1v) is 9.84. The molecule has 1 aromatic carbocycles. The van der Waals surface area contributed by atoms with E-state index in [1.165, 1.54) is 16.7 Å². The highest BCUT2D eigenvalue weighted by Gasteiger charge is 2.27. The lowest BCUT2D eigenvalue weighted by molar-refractivity contribution is 0.193. The number of hydrogen-bond donors (Lipinski definition) is 1. The molecule has 0 saturated heterocycles. The van der Waals surface area contributed by atoms with E-state index in [1.54, 1.807) is 20.9 Å². The lowest BCUT2D eigenvalue weighted by Crippen LogP contribution is -2.48. The van der Waals surface area contributed by atoms with Crippen molar-refractivity contribution in [3.8, 4) is 0 Å². The van der Waals surface area contributed by atoms with Crippen LogP contribution in [0.5, 0.6) is 0 Å². The molecule has 3 atom stereocenters. The van der Waals surface area contributed by atoms with Gasteiger partial charge in [-0.15, -0.1) is 0 Å². The van der Waals surface area contributed by atoms with Crippen molar-refractivity contribution in [1.29, 1.82) is 0 Å². The minimum absolute atomic E-state index is 0.242. The van der Waals surface area contributed by atoms with E-state index in [1.807, 2.05) is 18.2 Å². The fraction of sp³-hybridized carbons (Fsp3) is 0.588. The Morgan fingerprint density at radius 2 is 1.74 bits per heavy atom. The van der Waals surface area contributed by atoms with Gasteiger partial charge in [-0.3, -0.25) is 0 Å². The summed E-state index contributed by atoms with van der Waals surface area (Å²) in [5.74, 6) is 0.356. The van der Waals surface area contributed by atoms with Gasteiger partial charge < -0.3 is 10.2 Å². The summed E-state index contributed by atoms with van der Waals surface area (Å²) >= 11 is 0. The Hall–Kier alpha value is -1.56. The molecule has 0 heterocycles. The molecule has 6 heteroatoms. The quantitative estimate of drug-likeness (QED) is 0.830. The van der Waals surface area contributed by atoms with Gasteiger partial charge in [0, 0.05) is 25.9 Å². The Kier molecular flexibility index (Phi) is 7.06. The van der Waals surface area contributed by atoms with Crippen molar-refractivity contribution < 1.29 is 13.2 Å². The summed E-state index contributed by atoms with van der Waals surface area (Å²) in [7, 11) is -1.54. The first-order chi connectivity index (χ1) is 10.6. The number of urea groups is 1. The summed E-state index contributed by atoms with van der Waals surface area (Å²) in [6, 6.07) is 9.53. The molecular weight excluding hydrogens is 312 g/mol. The molecule has 0 aliphatic heterocycles. The second-order valence-electron chi connectivity index (χ2n) is 6.22. The van der Waals surface area contributed by atoms with Gasteiger partial charge in [-0.25, -0.2) is 13.2 Å². The van der Waals surface area contributed by atoms with Crippen molar-refractivity contribution in [2.24, 2.45) is 0 Å². The van der Waals surface area contributed by atoms with E-state index >= 15 is 0 Å². The minimum Gasteiger partial charge on any atom is -0.338 e. The van der Waals surface area contributed by atoms with E-state index in [2.05, 4.69) is 24.4 Å². The average molecular weight is 340 g/mol. The van der Waals surface area contributed by atoms with Gasteiger partial charge in [-0.1, -0.05) is 37.3 Å². The molecule has 1 N–H and O–H groups in total. The van der Waals surface area contributed by atoms with E-state index in [9.17, 15) is 13.2 Å². The van der Waals surface area contributed by atoms with Crippen molar-refractivity contribution in [2.45, 2.75) is 44.4 Å². The molecule has 1 rings (SSSR count). The summed E-state index contributed by atoms with van der Waals surface area (Å²) in [6.45, 7) is 6.05. The van der Waals surface area contributed by atoms with Crippen molar-refractivity contribution in [2.75, 3.05) is 19.8 Å². The van der Waals surface area contributed by atoms with Crippen LogP contribution in [0, 0.1) is 0 Å². The van der Waals surface area contributed by atoms with Gasteiger partial charge in [-0.05, 0) is 31.7 Å². The number of nitrogens with zero attached hydrogens (tertiary/aromatic N) is 1. The molecule has 0 saturated carbocycles. The third-order valence-electron chi connectivity index (χ3n) is 4.51. The van der Waals surface area contributed by atoms with Gasteiger partial charge >= 0.3 is 6.03 Å². The summed E-state index contributed by atoms with van der Waals surface area (Å²) < 4.78 is 23.2. The van der Waals surface area contributed by atoms with Gasteiger partial charge in [-0.2, -0.15) is 0 Å². The molecule has 0 unspecified atom stereocenters. The zero-order chi connectivity index (χ0) is 17.6. The first kappa shape index (κ1) is 19.5. The largest absolute Gasteiger partial charge is 0.338 e. The number of carbonyl (C=O) groups is 1. The number of sulfone groups is 1. The van der Waals surface area contributed by atoms with E-state index in [-0.39, 0.29) is 12.1 Å². The van der Waals surface area contributed by atoms with Gasteiger partial charge in [0.1, 0.15) is 0 Å². The smallest absolute Gasteiger partial charge is 0.317 e. The van der Waals surface area contributed by atoms with Crippen LogP contribution in [0.1, 0.15) is 38.7 Å². The van der Waals surface area contributed by atoms with Crippen molar-refractivity contribution in [1.82, 2.24) is 10.2 Å². The third-order valence-corrected chi connectivity index (χ3v) is 6.25. The van der Waals surface area contributed by atoms with Crippen LogP contribution in [-0.4, -0.2) is 50.5 Å². The Balaban J connectivity index is 2.47. The third kappa shape index (κ3) is 5.86. The zero-order valence-electron chi connectivity index (χ0n) is 14.6. The topological polar surface area (TPSA) is 66.5 Å². The Morgan fingerprint density at radius 1 is 1.17 bits per heavy atom. The number of nitrogens with one attached hydrogen (secondary N) is 1. The number of benzene rings is 1. The van der Waals surface area contributed by atoms with E-state index < -0.39 is 15.1 Å². The van der Waals surface area contributed by atoms with Crippen LogP contribution in [0.15, 0.2) is 30.3 Å². The highest BCUT2D eigenvalue weighted by molar-refractivity contribution is 7.91. The molecule has 130 valence electrons. The summed E-state index contributed by atoms with van der Waals surface area (Å²) in [5.41, 5.74) is 1.24. The number of rotatable bonds is 7. The maximum Gasteiger partial charge on any atom is 0.317 e. The lowest BCUT2D eigenvalue weighted by atomic mass is 9.98. The van der Waals surface area contributed by atoms with Crippen LogP contribution in [0.2, 0.25) is 0 Å². The maximum absolute atomic E-state index is 12.2. The molecule has 2 amide bonds. The van der Waals surface area contributed by atoms with Crippen LogP contribution < -0.4 is 5.32 Å². The van der Waals surface area contributed by atoms with Crippen LogP contribution in [-0.2, 0) is 9.84 Å². The predicted octanol–water partition coefficient (Wildman–Crippen LogP) is 2.64. The average Bonchev–Trinajstić information content (AvgIpc) is 2.52. The van der Waals surface area contributed by atoms with Crippen LogP contribution in [0.4, 0.5) is 4.79 Å². The highest BCUT2D eigenvalue weighted by atomic mass is 32.2. The van der Waals surface area contributed by atoms with E-state index in [0.717, 1.165) is 6.42 Å². The summed E-state index contributed by atoms with van der Waals surface area (Å²) in [4.78, 5) is 13.6. The highest BCUT2D eigenvalue weighted by Crippen LogP contribution is 2.17. The second kappa shape index (κ2) is 8.34. The molecule has 0 fully saturated rings. The molecule has 0 aliphatic rings.